The molecule has 26 heavy (non-hydrogen) atoms. The van der Waals surface area contributed by atoms with Crippen LogP contribution in [-0.4, -0.2) is 23.9 Å². The van der Waals surface area contributed by atoms with E-state index >= 15 is 0 Å². The predicted octanol–water partition coefficient (Wildman–Crippen LogP) is 3.10. The highest BCUT2D eigenvalue weighted by atomic mass is 35.5. The molecule has 1 atom stereocenters. The second-order valence-corrected chi connectivity index (χ2v) is 8.65. The number of nitrogens with one attached hydrogen (secondary N) is 1. The summed E-state index contributed by atoms with van der Waals surface area (Å²) in [7, 11) is -3.71. The molecule has 0 unspecified atom stereocenters. The van der Waals surface area contributed by atoms with Gasteiger partial charge in [-0.1, -0.05) is 17.7 Å². The van der Waals surface area contributed by atoms with E-state index in [2.05, 4.69) is 9.71 Å². The zero-order chi connectivity index (χ0) is 18.5. The lowest BCUT2D eigenvalue weighted by molar-refractivity contribution is 0.255. The van der Waals surface area contributed by atoms with Gasteiger partial charge in [0.1, 0.15) is 17.5 Å². The first-order valence-electron chi connectivity index (χ1n) is 8.26. The van der Waals surface area contributed by atoms with Gasteiger partial charge in [0, 0.05) is 23.9 Å². The van der Waals surface area contributed by atoms with Crippen LogP contribution in [0.5, 0.6) is 5.75 Å². The molecular formula is C18H18ClN3O3S. The maximum atomic E-state index is 12.7. The van der Waals surface area contributed by atoms with Crippen molar-refractivity contribution in [3.63, 3.8) is 0 Å². The Balaban J connectivity index is 1.58. The van der Waals surface area contributed by atoms with Gasteiger partial charge in [-0.2, -0.15) is 0 Å². The Bertz CT molecular complexity index is 1110. The van der Waals surface area contributed by atoms with E-state index in [1.165, 1.54) is 6.07 Å². The van der Waals surface area contributed by atoms with Crippen LogP contribution in [-0.2, 0) is 23.0 Å². The number of hydrogen-bond acceptors (Lipinski definition) is 4. The molecule has 0 amide bonds. The Morgan fingerprint density at radius 3 is 2.96 bits per heavy atom. The minimum absolute atomic E-state index is 0.00498. The number of fused-ring (bicyclic) bond motifs is 2. The van der Waals surface area contributed by atoms with Gasteiger partial charge >= 0.3 is 0 Å². The molecule has 4 rings (SSSR count). The summed E-state index contributed by atoms with van der Waals surface area (Å²) in [6.07, 6.45) is 2.47. The summed E-state index contributed by atoms with van der Waals surface area (Å²) < 4.78 is 35.5. The smallest absolute Gasteiger partial charge is 0.240 e. The standard InChI is InChI=1S/C18H18ClN3O3S/c1-11-4-3-5-17-21-14(10-22(11)17)9-20-26(23,24)15-7-13-6-12(2)25-18(13)16(19)8-15/h3-5,7-8,10,12,20H,6,9H2,1-2H3/t12-/m0/s1. The highest BCUT2D eigenvalue weighted by Crippen LogP contribution is 2.37. The summed E-state index contributed by atoms with van der Waals surface area (Å²) >= 11 is 6.20. The summed E-state index contributed by atoms with van der Waals surface area (Å²) in [6.45, 7) is 4.00. The number of nitrogens with zero attached hydrogens (tertiary/aromatic N) is 2. The number of rotatable bonds is 4. The van der Waals surface area contributed by atoms with Crippen LogP contribution in [0.3, 0.4) is 0 Å². The van der Waals surface area contributed by atoms with Crippen molar-refractivity contribution in [2.75, 3.05) is 0 Å². The Morgan fingerprint density at radius 2 is 2.19 bits per heavy atom. The van der Waals surface area contributed by atoms with Crippen molar-refractivity contribution in [3.05, 3.63) is 58.5 Å². The number of sulfonamides is 1. The highest BCUT2D eigenvalue weighted by molar-refractivity contribution is 7.89. The second-order valence-electron chi connectivity index (χ2n) is 6.48. The number of aromatic nitrogens is 2. The van der Waals surface area contributed by atoms with Crippen LogP contribution in [0.2, 0.25) is 5.02 Å². The summed E-state index contributed by atoms with van der Waals surface area (Å²) in [6, 6.07) is 8.82. The third-order valence-electron chi connectivity index (χ3n) is 4.42. The van der Waals surface area contributed by atoms with Gasteiger partial charge in [-0.3, -0.25) is 0 Å². The first-order valence-corrected chi connectivity index (χ1v) is 10.1. The van der Waals surface area contributed by atoms with E-state index in [0.717, 1.165) is 16.9 Å². The van der Waals surface area contributed by atoms with Gasteiger partial charge in [0.2, 0.25) is 10.0 Å². The molecule has 1 N–H and O–H groups in total. The molecule has 8 heteroatoms. The zero-order valence-electron chi connectivity index (χ0n) is 14.4. The fourth-order valence-corrected chi connectivity index (χ4v) is 4.57. The fraction of sp³-hybridized carbons (Fsp3) is 0.278. The Labute approximate surface area is 156 Å². The first kappa shape index (κ1) is 17.3. The Morgan fingerprint density at radius 1 is 1.38 bits per heavy atom. The molecule has 0 saturated carbocycles. The third-order valence-corrected chi connectivity index (χ3v) is 6.08. The lowest BCUT2D eigenvalue weighted by Gasteiger charge is -2.09. The number of hydrogen-bond donors (Lipinski definition) is 1. The zero-order valence-corrected chi connectivity index (χ0v) is 15.9. The van der Waals surface area contributed by atoms with Gasteiger partial charge < -0.3 is 9.14 Å². The number of imidazole rings is 1. The summed E-state index contributed by atoms with van der Waals surface area (Å²) in [4.78, 5) is 4.58. The molecular weight excluding hydrogens is 374 g/mol. The predicted molar refractivity (Wildman–Crippen MR) is 99.2 cm³/mol. The van der Waals surface area contributed by atoms with Gasteiger partial charge in [0.15, 0.2) is 0 Å². The van der Waals surface area contributed by atoms with E-state index in [1.807, 2.05) is 42.6 Å². The SMILES string of the molecule is Cc1cccc2nc(CNS(=O)(=O)c3cc(Cl)c4c(c3)C[C@H](C)O4)cn12. The van der Waals surface area contributed by atoms with Crippen molar-refractivity contribution in [1.29, 1.82) is 0 Å². The molecule has 1 aliphatic rings. The molecule has 3 heterocycles. The van der Waals surface area contributed by atoms with Crippen LogP contribution < -0.4 is 9.46 Å². The minimum atomic E-state index is -3.71. The minimum Gasteiger partial charge on any atom is -0.489 e. The normalized spacial score (nSPS) is 16.7. The first-order chi connectivity index (χ1) is 12.3. The third kappa shape index (κ3) is 3.06. The number of aryl methyl sites for hydroxylation is 1. The van der Waals surface area contributed by atoms with Crippen molar-refractivity contribution in [1.82, 2.24) is 14.1 Å². The number of benzene rings is 1. The van der Waals surface area contributed by atoms with E-state index in [1.54, 1.807) is 6.07 Å². The molecule has 0 radical (unpaired) electrons. The summed E-state index contributed by atoms with van der Waals surface area (Å²) in [5, 5.41) is 0.315. The van der Waals surface area contributed by atoms with Gasteiger partial charge in [-0.05, 0) is 38.1 Å². The van der Waals surface area contributed by atoms with Crippen LogP contribution in [0, 0.1) is 6.92 Å². The molecule has 0 aliphatic carbocycles. The average molecular weight is 392 g/mol. The van der Waals surface area contributed by atoms with Crippen LogP contribution in [0.15, 0.2) is 41.4 Å². The maximum absolute atomic E-state index is 12.7. The fourth-order valence-electron chi connectivity index (χ4n) is 3.15. The Kier molecular flexibility index (Phi) is 4.17. The molecule has 0 spiro atoms. The second kappa shape index (κ2) is 6.26. The Hall–Kier alpha value is -2.09. The van der Waals surface area contributed by atoms with E-state index in [-0.39, 0.29) is 17.5 Å². The van der Waals surface area contributed by atoms with Gasteiger partial charge in [-0.25, -0.2) is 18.1 Å². The highest BCUT2D eigenvalue weighted by Gasteiger charge is 2.26. The van der Waals surface area contributed by atoms with Crippen LogP contribution >= 0.6 is 11.6 Å². The maximum Gasteiger partial charge on any atom is 0.240 e. The molecule has 2 aromatic heterocycles. The van der Waals surface area contributed by atoms with Crippen molar-refractivity contribution in [3.8, 4) is 5.75 Å². The van der Waals surface area contributed by atoms with Gasteiger partial charge in [0.25, 0.3) is 0 Å². The topological polar surface area (TPSA) is 72.7 Å². The van der Waals surface area contributed by atoms with Gasteiger partial charge in [-0.15, -0.1) is 0 Å². The van der Waals surface area contributed by atoms with Crippen LogP contribution in [0.4, 0.5) is 0 Å². The average Bonchev–Trinajstić information content (AvgIpc) is 3.17. The molecule has 136 valence electrons. The molecule has 6 nitrogen and oxygen atoms in total. The quantitative estimate of drug-likeness (QED) is 0.741. The monoisotopic (exact) mass is 391 g/mol. The van der Waals surface area contributed by atoms with E-state index < -0.39 is 10.0 Å². The van der Waals surface area contributed by atoms with E-state index in [0.29, 0.717) is 22.9 Å². The van der Waals surface area contributed by atoms with Crippen molar-refractivity contribution < 1.29 is 13.2 Å². The lowest BCUT2D eigenvalue weighted by Crippen LogP contribution is -2.23. The lowest BCUT2D eigenvalue weighted by atomic mass is 10.1. The molecule has 0 fully saturated rings. The van der Waals surface area contributed by atoms with E-state index in [9.17, 15) is 8.42 Å². The number of pyridine rings is 1. The molecule has 3 aromatic rings. The van der Waals surface area contributed by atoms with Crippen molar-refractivity contribution in [2.24, 2.45) is 0 Å². The van der Waals surface area contributed by atoms with Crippen molar-refractivity contribution >= 4 is 27.3 Å². The van der Waals surface area contributed by atoms with Crippen molar-refractivity contribution in [2.45, 2.75) is 37.8 Å². The van der Waals surface area contributed by atoms with E-state index in [4.69, 9.17) is 16.3 Å². The summed E-state index contributed by atoms with van der Waals surface area (Å²) in [5.74, 6) is 0.578. The van der Waals surface area contributed by atoms with Crippen LogP contribution in [0.1, 0.15) is 23.9 Å². The molecule has 0 saturated heterocycles. The molecule has 1 aromatic carbocycles. The largest absolute Gasteiger partial charge is 0.489 e. The summed E-state index contributed by atoms with van der Waals surface area (Å²) in [5.41, 5.74) is 3.27. The molecule has 1 aliphatic heterocycles. The number of halogens is 1. The van der Waals surface area contributed by atoms with Crippen LogP contribution in [0.25, 0.3) is 5.65 Å². The van der Waals surface area contributed by atoms with Gasteiger partial charge in [0.05, 0.1) is 22.2 Å². The number of ether oxygens (including phenoxy) is 1. The molecule has 0 bridgehead atoms.